The highest BCUT2D eigenvalue weighted by Crippen LogP contribution is 2.32. The van der Waals surface area contributed by atoms with Gasteiger partial charge in [-0.25, -0.2) is 4.79 Å². The lowest BCUT2D eigenvalue weighted by atomic mass is 10.1. The molecule has 0 aliphatic rings. The fourth-order valence-corrected chi connectivity index (χ4v) is 1.38. The Bertz CT molecular complexity index is 504. The second-order valence-corrected chi connectivity index (χ2v) is 3.84. The van der Waals surface area contributed by atoms with Crippen LogP contribution in [0, 0.1) is 0 Å². The Morgan fingerprint density at radius 1 is 1.25 bits per heavy atom. The second kappa shape index (κ2) is 6.88. The van der Waals surface area contributed by atoms with Gasteiger partial charge in [0.05, 0.1) is 5.57 Å². The maximum Gasteiger partial charge on any atom is 0.416 e. The molecule has 0 radical (unpaired) electrons. The molecule has 108 valence electrons. The molecule has 0 heterocycles. The predicted molar refractivity (Wildman–Crippen MR) is 65.2 cm³/mol. The third-order valence-electron chi connectivity index (χ3n) is 2.35. The number of ether oxygens (including phenoxy) is 1. The van der Waals surface area contributed by atoms with Gasteiger partial charge in [-0.2, -0.15) is 17.6 Å². The SMILES string of the molecule is C=CC/C(=C(/F)C(=O)OCc1ccccc1)C(F)(F)F. The zero-order valence-corrected chi connectivity index (χ0v) is 10.4. The van der Waals surface area contributed by atoms with Gasteiger partial charge in [-0.05, 0) is 12.0 Å². The number of halogens is 4. The molecule has 0 unspecified atom stereocenters. The Balaban J connectivity index is 2.81. The van der Waals surface area contributed by atoms with Crippen LogP contribution in [0.3, 0.4) is 0 Å². The highest BCUT2D eigenvalue weighted by molar-refractivity contribution is 5.87. The lowest BCUT2D eigenvalue weighted by Crippen LogP contribution is -2.17. The van der Waals surface area contributed by atoms with E-state index >= 15 is 0 Å². The van der Waals surface area contributed by atoms with E-state index in [9.17, 15) is 22.4 Å². The van der Waals surface area contributed by atoms with E-state index in [1.807, 2.05) is 0 Å². The molecule has 0 bridgehead atoms. The number of esters is 1. The first-order valence-electron chi connectivity index (χ1n) is 5.64. The molecule has 0 aromatic heterocycles. The van der Waals surface area contributed by atoms with Crippen LogP contribution in [0.1, 0.15) is 12.0 Å². The minimum atomic E-state index is -4.94. The van der Waals surface area contributed by atoms with Crippen molar-refractivity contribution in [3.05, 3.63) is 60.0 Å². The van der Waals surface area contributed by atoms with Gasteiger partial charge < -0.3 is 4.74 Å². The van der Waals surface area contributed by atoms with Gasteiger partial charge in [0.25, 0.3) is 0 Å². The van der Waals surface area contributed by atoms with Gasteiger partial charge in [-0.3, -0.25) is 0 Å². The molecule has 1 rings (SSSR count). The van der Waals surface area contributed by atoms with Crippen LogP contribution >= 0.6 is 0 Å². The molecule has 0 fully saturated rings. The summed E-state index contributed by atoms with van der Waals surface area (Å²) < 4.78 is 55.6. The average molecular weight is 288 g/mol. The van der Waals surface area contributed by atoms with Crippen LogP contribution in [0.4, 0.5) is 17.6 Å². The number of carbonyl (C=O) groups excluding carboxylic acids is 1. The van der Waals surface area contributed by atoms with Crippen molar-refractivity contribution in [1.82, 2.24) is 0 Å². The van der Waals surface area contributed by atoms with Crippen molar-refractivity contribution in [2.75, 3.05) is 0 Å². The van der Waals surface area contributed by atoms with Gasteiger partial charge in [-0.15, -0.1) is 6.58 Å². The Morgan fingerprint density at radius 2 is 1.85 bits per heavy atom. The Hall–Kier alpha value is -2.11. The number of allylic oxidation sites excluding steroid dienone is 2. The van der Waals surface area contributed by atoms with Crippen molar-refractivity contribution in [3.8, 4) is 0 Å². The fourth-order valence-electron chi connectivity index (χ4n) is 1.38. The first kappa shape index (κ1) is 15.9. The fraction of sp³-hybridized carbons (Fsp3) is 0.214. The summed E-state index contributed by atoms with van der Waals surface area (Å²) in [5.74, 6) is -3.57. The first-order valence-corrected chi connectivity index (χ1v) is 5.64. The molecular formula is C14H12F4O2. The van der Waals surface area contributed by atoms with Crippen LogP contribution in [-0.4, -0.2) is 12.1 Å². The normalized spacial score (nSPS) is 12.6. The van der Waals surface area contributed by atoms with Gasteiger partial charge in [0.15, 0.2) is 0 Å². The van der Waals surface area contributed by atoms with Crippen LogP contribution in [0.2, 0.25) is 0 Å². The van der Waals surface area contributed by atoms with Gasteiger partial charge in [-0.1, -0.05) is 36.4 Å². The van der Waals surface area contributed by atoms with Crippen molar-refractivity contribution in [1.29, 1.82) is 0 Å². The van der Waals surface area contributed by atoms with Crippen LogP contribution in [0.15, 0.2) is 54.4 Å². The summed E-state index contributed by atoms with van der Waals surface area (Å²) in [6.45, 7) is 2.80. The zero-order valence-electron chi connectivity index (χ0n) is 10.4. The van der Waals surface area contributed by atoms with E-state index in [2.05, 4.69) is 11.3 Å². The van der Waals surface area contributed by atoms with E-state index < -0.39 is 30.0 Å². The molecule has 0 saturated heterocycles. The number of benzene rings is 1. The van der Waals surface area contributed by atoms with Gasteiger partial charge in [0.2, 0.25) is 5.83 Å². The molecule has 0 saturated carbocycles. The second-order valence-electron chi connectivity index (χ2n) is 3.84. The Labute approximate surface area is 113 Å². The molecule has 0 N–H and O–H groups in total. The molecule has 0 spiro atoms. The molecular weight excluding hydrogens is 276 g/mol. The first-order chi connectivity index (χ1) is 9.36. The molecule has 0 aliphatic heterocycles. The number of rotatable bonds is 5. The van der Waals surface area contributed by atoms with Gasteiger partial charge >= 0.3 is 12.1 Å². The van der Waals surface area contributed by atoms with E-state index in [0.29, 0.717) is 5.56 Å². The smallest absolute Gasteiger partial charge is 0.416 e. The summed E-state index contributed by atoms with van der Waals surface area (Å²) in [5.41, 5.74) is -1.04. The summed E-state index contributed by atoms with van der Waals surface area (Å²) in [4.78, 5) is 11.3. The Morgan fingerprint density at radius 3 is 2.35 bits per heavy atom. The summed E-state index contributed by atoms with van der Waals surface area (Å²) in [7, 11) is 0. The van der Waals surface area contributed by atoms with Gasteiger partial charge in [0, 0.05) is 0 Å². The predicted octanol–water partition coefficient (Wildman–Crippen LogP) is 4.09. The van der Waals surface area contributed by atoms with E-state index in [4.69, 9.17) is 0 Å². The van der Waals surface area contributed by atoms with Crippen molar-refractivity contribution < 1.29 is 27.1 Å². The third kappa shape index (κ3) is 4.53. The molecule has 20 heavy (non-hydrogen) atoms. The van der Waals surface area contributed by atoms with Crippen LogP contribution in [-0.2, 0) is 16.1 Å². The topological polar surface area (TPSA) is 26.3 Å². The Kier molecular flexibility index (Phi) is 5.49. The maximum atomic E-state index is 13.5. The number of hydrogen-bond acceptors (Lipinski definition) is 2. The van der Waals surface area contributed by atoms with Crippen molar-refractivity contribution in [3.63, 3.8) is 0 Å². The van der Waals surface area contributed by atoms with Crippen LogP contribution in [0.25, 0.3) is 0 Å². The summed E-state index contributed by atoms with van der Waals surface area (Å²) >= 11 is 0. The van der Waals surface area contributed by atoms with Crippen molar-refractivity contribution >= 4 is 5.97 Å². The number of alkyl halides is 3. The standard InChI is InChI=1S/C14H12F4O2/c1-2-6-11(14(16,17)18)12(15)13(19)20-9-10-7-4-3-5-8-10/h2-5,7-8H,1,6,9H2/b12-11-. The van der Waals surface area contributed by atoms with Gasteiger partial charge in [0.1, 0.15) is 6.61 Å². The molecule has 2 nitrogen and oxygen atoms in total. The highest BCUT2D eigenvalue weighted by atomic mass is 19.4. The monoisotopic (exact) mass is 288 g/mol. The summed E-state index contributed by atoms with van der Waals surface area (Å²) in [5, 5.41) is 0. The third-order valence-corrected chi connectivity index (χ3v) is 2.35. The minimum Gasteiger partial charge on any atom is -0.456 e. The van der Waals surface area contributed by atoms with E-state index in [1.165, 1.54) is 0 Å². The molecule has 6 heteroatoms. The van der Waals surface area contributed by atoms with Crippen LogP contribution < -0.4 is 0 Å². The molecule has 0 amide bonds. The number of hydrogen-bond donors (Lipinski definition) is 0. The molecule has 1 aromatic carbocycles. The minimum absolute atomic E-state index is 0.299. The quantitative estimate of drug-likeness (QED) is 0.353. The van der Waals surface area contributed by atoms with E-state index in [0.717, 1.165) is 6.08 Å². The van der Waals surface area contributed by atoms with Crippen LogP contribution in [0.5, 0.6) is 0 Å². The maximum absolute atomic E-state index is 13.5. The highest BCUT2D eigenvalue weighted by Gasteiger charge is 2.38. The lowest BCUT2D eigenvalue weighted by Gasteiger charge is -2.11. The molecule has 0 aliphatic carbocycles. The molecule has 1 aromatic rings. The van der Waals surface area contributed by atoms with Crippen molar-refractivity contribution in [2.24, 2.45) is 0 Å². The summed E-state index contributed by atoms with van der Waals surface area (Å²) in [6.07, 6.45) is -4.87. The lowest BCUT2D eigenvalue weighted by molar-refractivity contribution is -0.143. The largest absolute Gasteiger partial charge is 0.456 e. The van der Waals surface area contributed by atoms with Crippen molar-refractivity contribution in [2.45, 2.75) is 19.2 Å². The zero-order chi connectivity index (χ0) is 15.2. The summed E-state index contributed by atoms with van der Waals surface area (Å²) in [6, 6.07) is 8.24. The average Bonchev–Trinajstić information content (AvgIpc) is 2.41. The van der Waals surface area contributed by atoms with E-state index in [-0.39, 0.29) is 6.61 Å². The molecule has 0 atom stereocenters. The van der Waals surface area contributed by atoms with E-state index in [1.54, 1.807) is 30.3 Å². The number of carbonyl (C=O) groups is 1.